The van der Waals surface area contributed by atoms with E-state index >= 15 is 0 Å². The molecule has 1 unspecified atom stereocenters. The van der Waals surface area contributed by atoms with Crippen LogP contribution in [-0.4, -0.2) is 25.2 Å². The van der Waals surface area contributed by atoms with E-state index in [0.29, 0.717) is 5.54 Å². The maximum atomic E-state index is 4.36. The highest BCUT2D eigenvalue weighted by Gasteiger charge is 2.33. The van der Waals surface area contributed by atoms with Gasteiger partial charge in [-0.15, -0.1) is 0 Å². The lowest BCUT2D eigenvalue weighted by Gasteiger charge is -2.30. The fourth-order valence-electron chi connectivity index (χ4n) is 1.72. The first-order valence-electron chi connectivity index (χ1n) is 3.95. The molecule has 1 atom stereocenters. The van der Waals surface area contributed by atoms with E-state index in [1.807, 2.05) is 0 Å². The van der Waals surface area contributed by atoms with Gasteiger partial charge in [0, 0.05) is 25.2 Å². The largest absolute Gasteiger partial charge is 0.306 e. The minimum Gasteiger partial charge on any atom is -0.306 e. The fraction of sp³-hybridized carbons (Fsp3) is 0.750. The molecule has 1 radical (unpaired) electrons. The quantitative estimate of drug-likeness (QED) is 0.477. The molecule has 0 aliphatic carbocycles. The molecule has 0 aromatic heterocycles. The molecule has 1 spiro atoms. The Bertz CT molecular complexity index is 145. The number of hydrogen-bond acceptors (Lipinski definition) is 1. The Balaban J connectivity index is 2.06. The second-order valence-electron chi connectivity index (χ2n) is 3.19. The van der Waals surface area contributed by atoms with Gasteiger partial charge in [0.25, 0.3) is 0 Å². The van der Waals surface area contributed by atoms with Crippen molar-refractivity contribution >= 4 is 0 Å². The molecular formula is C8H13N2. The zero-order valence-electron chi connectivity index (χ0n) is 6.14. The summed E-state index contributed by atoms with van der Waals surface area (Å²) >= 11 is 0. The number of nitrogens with zero attached hydrogens (tertiary/aromatic N) is 1. The van der Waals surface area contributed by atoms with E-state index in [2.05, 4.69) is 22.8 Å². The zero-order chi connectivity index (χ0) is 6.86. The SMILES string of the molecule is C1=CCC2(CC[N]C2)NC1. The lowest BCUT2D eigenvalue weighted by atomic mass is 9.92. The van der Waals surface area contributed by atoms with Crippen LogP contribution in [0.3, 0.4) is 0 Å². The maximum absolute atomic E-state index is 4.36. The van der Waals surface area contributed by atoms with Gasteiger partial charge >= 0.3 is 0 Å². The van der Waals surface area contributed by atoms with Crippen molar-refractivity contribution < 1.29 is 0 Å². The molecule has 0 aromatic carbocycles. The lowest BCUT2D eigenvalue weighted by Crippen LogP contribution is -2.47. The van der Waals surface area contributed by atoms with Crippen LogP contribution in [-0.2, 0) is 0 Å². The predicted octanol–water partition coefficient (Wildman–Crippen LogP) is 0.283. The molecule has 2 nitrogen and oxygen atoms in total. The van der Waals surface area contributed by atoms with Crippen molar-refractivity contribution in [1.82, 2.24) is 10.6 Å². The molecule has 2 aliphatic rings. The Labute approximate surface area is 61.7 Å². The first-order valence-corrected chi connectivity index (χ1v) is 3.95. The summed E-state index contributed by atoms with van der Waals surface area (Å²) in [5.41, 5.74) is 0.370. The second-order valence-corrected chi connectivity index (χ2v) is 3.19. The summed E-state index contributed by atoms with van der Waals surface area (Å²) in [7, 11) is 0. The third kappa shape index (κ3) is 0.976. The molecular weight excluding hydrogens is 124 g/mol. The average Bonchev–Trinajstić information content (AvgIpc) is 2.39. The van der Waals surface area contributed by atoms with E-state index in [1.54, 1.807) is 0 Å². The molecule has 2 heterocycles. The molecule has 0 saturated carbocycles. The minimum atomic E-state index is 0.370. The van der Waals surface area contributed by atoms with Crippen LogP contribution in [0, 0.1) is 0 Å². The van der Waals surface area contributed by atoms with Crippen LogP contribution in [0.15, 0.2) is 12.2 Å². The highest BCUT2D eigenvalue weighted by Crippen LogP contribution is 2.22. The number of nitrogens with one attached hydrogen (secondary N) is 1. The van der Waals surface area contributed by atoms with E-state index in [4.69, 9.17) is 0 Å². The summed E-state index contributed by atoms with van der Waals surface area (Å²) in [5.74, 6) is 0. The van der Waals surface area contributed by atoms with Gasteiger partial charge in [0.2, 0.25) is 0 Å². The van der Waals surface area contributed by atoms with Crippen LogP contribution in [0.4, 0.5) is 0 Å². The van der Waals surface area contributed by atoms with Crippen molar-refractivity contribution in [1.29, 1.82) is 0 Å². The summed E-state index contributed by atoms with van der Waals surface area (Å²) in [6, 6.07) is 0. The highest BCUT2D eigenvalue weighted by atomic mass is 15.1. The fourth-order valence-corrected chi connectivity index (χ4v) is 1.72. The van der Waals surface area contributed by atoms with Gasteiger partial charge in [-0.1, -0.05) is 12.2 Å². The van der Waals surface area contributed by atoms with Gasteiger partial charge in [-0.05, 0) is 12.8 Å². The molecule has 2 rings (SSSR count). The van der Waals surface area contributed by atoms with E-state index in [9.17, 15) is 0 Å². The van der Waals surface area contributed by atoms with Gasteiger partial charge < -0.3 is 5.32 Å². The number of rotatable bonds is 0. The number of hydrogen-bond donors (Lipinski definition) is 1. The third-order valence-corrected chi connectivity index (χ3v) is 2.43. The van der Waals surface area contributed by atoms with Crippen LogP contribution in [0.25, 0.3) is 0 Å². The molecule has 2 heteroatoms. The van der Waals surface area contributed by atoms with Crippen LogP contribution >= 0.6 is 0 Å². The molecule has 1 fully saturated rings. The predicted molar refractivity (Wildman–Crippen MR) is 41.0 cm³/mol. The molecule has 2 aliphatic heterocycles. The average molecular weight is 137 g/mol. The summed E-state index contributed by atoms with van der Waals surface area (Å²) in [6.45, 7) is 3.12. The Morgan fingerprint density at radius 3 is 3.00 bits per heavy atom. The molecule has 1 N–H and O–H groups in total. The summed E-state index contributed by atoms with van der Waals surface area (Å²) in [6.07, 6.45) is 6.88. The third-order valence-electron chi connectivity index (χ3n) is 2.43. The van der Waals surface area contributed by atoms with E-state index in [-0.39, 0.29) is 0 Å². The van der Waals surface area contributed by atoms with Crippen molar-refractivity contribution in [2.75, 3.05) is 19.6 Å². The Hall–Kier alpha value is -0.340. The van der Waals surface area contributed by atoms with Crippen LogP contribution < -0.4 is 10.6 Å². The second kappa shape index (κ2) is 2.36. The standard InChI is InChI=1S/C8H13N2/c1-2-5-10-8(3-1)4-6-9-7-8/h1-2,10H,3-7H2. The van der Waals surface area contributed by atoms with E-state index in [0.717, 1.165) is 19.6 Å². The van der Waals surface area contributed by atoms with E-state index in [1.165, 1.54) is 12.8 Å². The lowest BCUT2D eigenvalue weighted by molar-refractivity contribution is 0.361. The molecule has 55 valence electrons. The normalized spacial score (nSPS) is 39.2. The summed E-state index contributed by atoms with van der Waals surface area (Å²) in [5, 5.41) is 7.88. The monoisotopic (exact) mass is 137 g/mol. The van der Waals surface area contributed by atoms with Gasteiger partial charge in [0.15, 0.2) is 0 Å². The minimum absolute atomic E-state index is 0.370. The van der Waals surface area contributed by atoms with E-state index < -0.39 is 0 Å². The Kier molecular flexibility index (Phi) is 1.51. The molecule has 0 amide bonds. The van der Waals surface area contributed by atoms with Crippen molar-refractivity contribution in [3.8, 4) is 0 Å². The van der Waals surface area contributed by atoms with Crippen molar-refractivity contribution in [2.24, 2.45) is 0 Å². The maximum Gasteiger partial charge on any atom is 0.0372 e. The van der Waals surface area contributed by atoms with Gasteiger partial charge in [-0.3, -0.25) is 0 Å². The molecule has 10 heavy (non-hydrogen) atoms. The highest BCUT2D eigenvalue weighted by molar-refractivity contribution is 5.07. The van der Waals surface area contributed by atoms with Gasteiger partial charge in [-0.2, -0.15) is 0 Å². The van der Waals surface area contributed by atoms with Crippen molar-refractivity contribution in [2.45, 2.75) is 18.4 Å². The Morgan fingerprint density at radius 2 is 2.40 bits per heavy atom. The summed E-state index contributed by atoms with van der Waals surface area (Å²) in [4.78, 5) is 0. The van der Waals surface area contributed by atoms with Crippen molar-refractivity contribution in [3.63, 3.8) is 0 Å². The molecule has 0 bridgehead atoms. The van der Waals surface area contributed by atoms with Gasteiger partial charge in [0.1, 0.15) is 0 Å². The topological polar surface area (TPSA) is 26.1 Å². The Morgan fingerprint density at radius 1 is 1.40 bits per heavy atom. The zero-order valence-corrected chi connectivity index (χ0v) is 6.14. The molecule has 1 saturated heterocycles. The van der Waals surface area contributed by atoms with Crippen molar-refractivity contribution in [3.05, 3.63) is 12.2 Å². The van der Waals surface area contributed by atoms with Gasteiger partial charge in [0.05, 0.1) is 0 Å². The van der Waals surface area contributed by atoms with Crippen LogP contribution in [0.1, 0.15) is 12.8 Å². The molecule has 0 aromatic rings. The summed E-state index contributed by atoms with van der Waals surface area (Å²) < 4.78 is 0. The van der Waals surface area contributed by atoms with Crippen LogP contribution in [0.5, 0.6) is 0 Å². The smallest absolute Gasteiger partial charge is 0.0372 e. The first kappa shape index (κ1) is 6.38. The van der Waals surface area contributed by atoms with Crippen LogP contribution in [0.2, 0.25) is 0 Å². The van der Waals surface area contributed by atoms with Gasteiger partial charge in [-0.25, -0.2) is 5.32 Å². The first-order chi connectivity index (χ1) is 4.91.